The van der Waals surface area contributed by atoms with Gasteiger partial charge in [-0.25, -0.2) is 0 Å². The molecule has 0 aromatic heterocycles. The van der Waals surface area contributed by atoms with Gasteiger partial charge in [-0.15, -0.1) is 0 Å². The number of rotatable bonds is 7. The molecule has 200 valence electrons. The van der Waals surface area contributed by atoms with Gasteiger partial charge < -0.3 is 5.32 Å². The highest BCUT2D eigenvalue weighted by Crippen LogP contribution is 2.57. The van der Waals surface area contributed by atoms with E-state index in [1.165, 1.54) is 55.3 Å². The van der Waals surface area contributed by atoms with E-state index in [9.17, 15) is 0 Å². The Hall–Kier alpha value is -4.62. The summed E-state index contributed by atoms with van der Waals surface area (Å²) >= 11 is 0. The molecular weight excluding hydrogens is 494 g/mol. The number of fused-ring (bicyclic) bond motifs is 4. The van der Waals surface area contributed by atoms with Crippen LogP contribution in [0.2, 0.25) is 0 Å². The van der Waals surface area contributed by atoms with Crippen molar-refractivity contribution in [3.8, 4) is 11.1 Å². The third-order valence-corrected chi connectivity index (χ3v) is 9.15. The fraction of sp³-hybridized carbons (Fsp3) is 0.150. The zero-order valence-corrected chi connectivity index (χ0v) is 23.6. The average molecular weight is 530 g/mol. The number of nitrogens with one attached hydrogen (secondary N) is 1. The van der Waals surface area contributed by atoms with Crippen LogP contribution in [0, 0.1) is 0 Å². The monoisotopic (exact) mass is 529 g/mol. The molecule has 1 unspecified atom stereocenters. The Morgan fingerprint density at radius 2 is 1.34 bits per heavy atom. The molecule has 5 aromatic carbocycles. The smallest absolute Gasteiger partial charge is 0.0676 e. The van der Waals surface area contributed by atoms with Gasteiger partial charge in [0, 0.05) is 12.2 Å². The van der Waals surface area contributed by atoms with Crippen molar-refractivity contribution in [2.75, 3.05) is 6.54 Å². The molecule has 1 nitrogen and oxygen atoms in total. The van der Waals surface area contributed by atoms with Gasteiger partial charge in [-0.2, -0.15) is 0 Å². The van der Waals surface area contributed by atoms with Crippen LogP contribution in [-0.2, 0) is 5.41 Å². The minimum Gasteiger partial charge on any atom is -0.385 e. The minimum atomic E-state index is -0.284. The van der Waals surface area contributed by atoms with E-state index >= 15 is 0 Å². The summed E-state index contributed by atoms with van der Waals surface area (Å²) in [4.78, 5) is 0. The van der Waals surface area contributed by atoms with Crippen LogP contribution in [0.4, 0.5) is 0 Å². The van der Waals surface area contributed by atoms with Crippen LogP contribution in [0.3, 0.4) is 0 Å². The lowest BCUT2D eigenvalue weighted by atomic mass is 9.65. The standard InChI is InChI=1S/C40H35N/c1-28(34-20-12-14-31-13-6-7-17-35(31)34)27-41-29(2)30-23-25-33(26-24-30)40(32-15-4-3-5-16-32)38-21-10-8-18-36(38)37-19-9-11-22-39(37)40/h3-23,25,28,41H,2,24,26-27H2,1H3. The van der Waals surface area contributed by atoms with Crippen LogP contribution in [0.1, 0.15) is 47.9 Å². The predicted molar refractivity (Wildman–Crippen MR) is 173 cm³/mol. The van der Waals surface area contributed by atoms with Gasteiger partial charge in [0.2, 0.25) is 0 Å². The van der Waals surface area contributed by atoms with E-state index in [-0.39, 0.29) is 5.41 Å². The lowest BCUT2D eigenvalue weighted by molar-refractivity contribution is 0.663. The highest BCUT2D eigenvalue weighted by atomic mass is 14.9. The Labute approximate surface area is 243 Å². The van der Waals surface area contributed by atoms with Crippen LogP contribution < -0.4 is 5.32 Å². The molecule has 2 aliphatic rings. The van der Waals surface area contributed by atoms with Crippen molar-refractivity contribution < 1.29 is 0 Å². The highest BCUT2D eigenvalue weighted by molar-refractivity contribution is 5.87. The number of benzene rings is 5. The van der Waals surface area contributed by atoms with Crippen molar-refractivity contribution in [2.24, 2.45) is 0 Å². The van der Waals surface area contributed by atoms with E-state index in [2.05, 4.69) is 152 Å². The Morgan fingerprint density at radius 3 is 2.05 bits per heavy atom. The van der Waals surface area contributed by atoms with Crippen molar-refractivity contribution in [1.82, 2.24) is 5.32 Å². The Morgan fingerprint density at radius 1 is 0.707 bits per heavy atom. The number of hydrogen-bond donors (Lipinski definition) is 1. The summed E-state index contributed by atoms with van der Waals surface area (Å²) in [6, 6.07) is 44.3. The molecule has 0 spiro atoms. The molecule has 0 amide bonds. The zero-order chi connectivity index (χ0) is 27.8. The molecular formula is C40H35N. The maximum Gasteiger partial charge on any atom is 0.0676 e. The van der Waals surface area contributed by atoms with E-state index < -0.39 is 0 Å². The second-order valence-corrected chi connectivity index (χ2v) is 11.4. The first-order valence-electron chi connectivity index (χ1n) is 14.7. The molecule has 0 saturated heterocycles. The third kappa shape index (κ3) is 4.16. The van der Waals surface area contributed by atoms with E-state index in [1.54, 1.807) is 0 Å². The van der Waals surface area contributed by atoms with Crippen LogP contribution in [0.15, 0.2) is 157 Å². The molecule has 1 heteroatoms. The first-order valence-corrected chi connectivity index (χ1v) is 14.7. The molecule has 0 saturated carbocycles. The first-order chi connectivity index (χ1) is 20.2. The lowest BCUT2D eigenvalue weighted by Crippen LogP contribution is -2.30. The van der Waals surface area contributed by atoms with Gasteiger partial charge in [-0.3, -0.25) is 0 Å². The van der Waals surface area contributed by atoms with Crippen LogP contribution in [0.5, 0.6) is 0 Å². The van der Waals surface area contributed by atoms with Crippen LogP contribution >= 0.6 is 0 Å². The summed E-state index contributed by atoms with van der Waals surface area (Å²) in [6.07, 6.45) is 6.65. The Bertz CT molecular complexity index is 1770. The van der Waals surface area contributed by atoms with Gasteiger partial charge in [0.25, 0.3) is 0 Å². The van der Waals surface area contributed by atoms with Crippen LogP contribution in [-0.4, -0.2) is 6.54 Å². The third-order valence-electron chi connectivity index (χ3n) is 9.15. The Kier molecular flexibility index (Phi) is 6.44. The van der Waals surface area contributed by atoms with E-state index in [0.29, 0.717) is 5.92 Å². The fourth-order valence-corrected chi connectivity index (χ4v) is 7.15. The highest BCUT2D eigenvalue weighted by Gasteiger charge is 2.47. The minimum absolute atomic E-state index is 0.284. The topological polar surface area (TPSA) is 12.0 Å². The molecule has 0 fully saturated rings. The summed E-state index contributed by atoms with van der Waals surface area (Å²) in [7, 11) is 0. The maximum atomic E-state index is 4.47. The average Bonchev–Trinajstić information content (AvgIpc) is 3.35. The van der Waals surface area contributed by atoms with Gasteiger partial charge in [0.1, 0.15) is 0 Å². The SMILES string of the molecule is C=C(NCC(C)c1cccc2ccccc12)C1=CC=C(C2(c3ccccc3)c3ccccc3-c3ccccc32)CC1. The molecule has 2 aliphatic carbocycles. The van der Waals surface area contributed by atoms with Crippen molar-refractivity contribution in [2.45, 2.75) is 31.1 Å². The first kappa shape index (κ1) is 25.4. The number of hydrogen-bond acceptors (Lipinski definition) is 1. The summed E-state index contributed by atoms with van der Waals surface area (Å²) in [5, 5.41) is 6.31. The zero-order valence-electron chi connectivity index (χ0n) is 23.6. The molecule has 5 aromatic rings. The van der Waals surface area contributed by atoms with E-state index in [1.807, 2.05) is 0 Å². The summed E-state index contributed by atoms with van der Waals surface area (Å²) in [6.45, 7) is 7.62. The molecule has 0 radical (unpaired) electrons. The maximum absolute atomic E-state index is 4.47. The molecule has 1 atom stereocenters. The van der Waals surface area contributed by atoms with Crippen molar-refractivity contribution in [3.63, 3.8) is 0 Å². The largest absolute Gasteiger partial charge is 0.385 e. The summed E-state index contributed by atoms with van der Waals surface area (Å²) in [5.74, 6) is 0.376. The normalized spacial score (nSPS) is 15.8. The molecule has 0 aliphatic heterocycles. The molecule has 7 rings (SSSR count). The second kappa shape index (κ2) is 10.4. The van der Waals surface area contributed by atoms with E-state index in [0.717, 1.165) is 25.1 Å². The molecule has 41 heavy (non-hydrogen) atoms. The Balaban J connectivity index is 1.20. The van der Waals surface area contributed by atoms with E-state index in [4.69, 9.17) is 0 Å². The van der Waals surface area contributed by atoms with Gasteiger partial charge >= 0.3 is 0 Å². The molecule has 1 N–H and O–H groups in total. The van der Waals surface area contributed by atoms with Gasteiger partial charge in [-0.1, -0.05) is 153 Å². The molecule has 0 bridgehead atoms. The predicted octanol–water partition coefficient (Wildman–Crippen LogP) is 9.71. The summed E-state index contributed by atoms with van der Waals surface area (Å²) < 4.78 is 0. The quantitative estimate of drug-likeness (QED) is 0.221. The summed E-state index contributed by atoms with van der Waals surface area (Å²) in [5.41, 5.74) is 11.7. The second-order valence-electron chi connectivity index (χ2n) is 11.4. The van der Waals surface area contributed by atoms with Crippen molar-refractivity contribution in [1.29, 1.82) is 0 Å². The van der Waals surface area contributed by atoms with Crippen LogP contribution in [0.25, 0.3) is 21.9 Å². The van der Waals surface area contributed by atoms with Gasteiger partial charge in [0.05, 0.1) is 5.41 Å². The molecule has 0 heterocycles. The van der Waals surface area contributed by atoms with Crippen molar-refractivity contribution in [3.05, 3.63) is 179 Å². The van der Waals surface area contributed by atoms with Gasteiger partial charge in [-0.05, 0) is 68.5 Å². The number of allylic oxidation sites excluding steroid dienone is 4. The van der Waals surface area contributed by atoms with Gasteiger partial charge in [0.15, 0.2) is 0 Å². The fourth-order valence-electron chi connectivity index (χ4n) is 7.15. The lowest BCUT2D eigenvalue weighted by Gasteiger charge is -2.37. The van der Waals surface area contributed by atoms with Crippen molar-refractivity contribution >= 4 is 10.8 Å².